The van der Waals surface area contributed by atoms with Gasteiger partial charge in [-0.2, -0.15) is 0 Å². The molecule has 0 heterocycles. The van der Waals surface area contributed by atoms with Gasteiger partial charge in [0.15, 0.2) is 0 Å². The predicted octanol–water partition coefficient (Wildman–Crippen LogP) is 2.27. The molecule has 0 aliphatic rings. The van der Waals surface area contributed by atoms with E-state index in [0.29, 0.717) is 0 Å². The molecular weight excluding hydrogens is 148 g/mol. The second-order valence-corrected chi connectivity index (χ2v) is 2.99. The van der Waals surface area contributed by atoms with Crippen molar-refractivity contribution >= 4 is 0 Å². The minimum Gasteiger partial charge on any atom is -0.330 e. The Morgan fingerprint density at radius 1 is 0.667 bits per heavy atom. The molecule has 0 amide bonds. The van der Waals surface area contributed by atoms with Gasteiger partial charge in [0.25, 0.3) is 0 Å². The Morgan fingerprint density at radius 2 is 1.17 bits per heavy atom. The monoisotopic (exact) mass is 174 g/mol. The zero-order chi connectivity index (χ0) is 9.66. The summed E-state index contributed by atoms with van der Waals surface area (Å²) in [5, 5.41) is 0. The fourth-order valence-corrected chi connectivity index (χ4v) is 0.775. The summed E-state index contributed by atoms with van der Waals surface area (Å²) in [6.07, 6.45) is 7.55. The Morgan fingerprint density at radius 3 is 1.42 bits per heavy atom. The summed E-state index contributed by atoms with van der Waals surface area (Å²) in [6, 6.07) is 0. The van der Waals surface area contributed by atoms with Crippen molar-refractivity contribution in [3.8, 4) is 0 Å². The lowest BCUT2D eigenvalue weighted by Crippen LogP contribution is -1.97. The zero-order valence-corrected chi connectivity index (χ0v) is 8.81. The van der Waals surface area contributed by atoms with E-state index in [4.69, 9.17) is 11.5 Å². The molecule has 4 N–H and O–H groups in total. The van der Waals surface area contributed by atoms with E-state index in [-0.39, 0.29) is 0 Å². The predicted molar refractivity (Wildman–Crippen MR) is 57.2 cm³/mol. The van der Waals surface area contributed by atoms with Gasteiger partial charge in [-0.3, -0.25) is 0 Å². The van der Waals surface area contributed by atoms with Crippen molar-refractivity contribution in [2.24, 2.45) is 11.5 Å². The SMILES string of the molecule is CCCCCCN.CCCCN. The van der Waals surface area contributed by atoms with Gasteiger partial charge in [-0.25, -0.2) is 0 Å². The summed E-state index contributed by atoms with van der Waals surface area (Å²) in [4.78, 5) is 0. The summed E-state index contributed by atoms with van der Waals surface area (Å²) in [5.41, 5.74) is 10.4. The maximum absolute atomic E-state index is 5.27. The first-order valence-corrected chi connectivity index (χ1v) is 5.23. The minimum absolute atomic E-state index is 0.844. The highest BCUT2D eigenvalue weighted by atomic mass is 14.5. The fraction of sp³-hybridized carbons (Fsp3) is 1.00. The quantitative estimate of drug-likeness (QED) is 0.607. The molecule has 0 aliphatic carbocycles. The number of hydrogen-bond donors (Lipinski definition) is 2. The van der Waals surface area contributed by atoms with Crippen LogP contribution in [0.25, 0.3) is 0 Å². The Balaban J connectivity index is 0. The van der Waals surface area contributed by atoms with Crippen molar-refractivity contribution in [3.05, 3.63) is 0 Å². The maximum Gasteiger partial charge on any atom is -0.00773 e. The third kappa shape index (κ3) is 22.5. The minimum atomic E-state index is 0.844. The molecule has 2 heteroatoms. The lowest BCUT2D eigenvalue weighted by atomic mass is 10.2. The van der Waals surface area contributed by atoms with Crippen molar-refractivity contribution in [1.82, 2.24) is 0 Å². The average molecular weight is 174 g/mol. The molecule has 0 spiro atoms. The van der Waals surface area contributed by atoms with Crippen molar-refractivity contribution in [2.45, 2.75) is 52.4 Å². The summed E-state index contributed by atoms with van der Waals surface area (Å²) < 4.78 is 0. The molecule has 0 saturated heterocycles. The Hall–Kier alpha value is -0.0800. The highest BCUT2D eigenvalue weighted by Crippen LogP contribution is 1.95. The Kier molecular flexibility index (Phi) is 20.6. The van der Waals surface area contributed by atoms with Gasteiger partial charge in [0.2, 0.25) is 0 Å². The van der Waals surface area contributed by atoms with Crippen LogP contribution in [0.2, 0.25) is 0 Å². The van der Waals surface area contributed by atoms with E-state index in [9.17, 15) is 0 Å². The smallest absolute Gasteiger partial charge is 0.00773 e. The summed E-state index contributed by atoms with van der Waals surface area (Å²) in [6.45, 7) is 6.04. The van der Waals surface area contributed by atoms with E-state index >= 15 is 0 Å². The number of hydrogen-bond acceptors (Lipinski definition) is 2. The molecule has 0 atom stereocenters. The molecule has 0 aromatic rings. The standard InChI is InChI=1S/C6H15N.C4H11N/c1-2-3-4-5-6-7;1-2-3-4-5/h2-7H2,1H3;2-5H2,1H3. The third-order valence-electron chi connectivity index (χ3n) is 1.62. The second kappa shape index (κ2) is 17.1. The molecule has 0 aromatic heterocycles. The van der Waals surface area contributed by atoms with Crippen LogP contribution in [0.5, 0.6) is 0 Å². The van der Waals surface area contributed by atoms with E-state index in [1.54, 1.807) is 0 Å². The van der Waals surface area contributed by atoms with Crippen molar-refractivity contribution < 1.29 is 0 Å². The van der Waals surface area contributed by atoms with Crippen molar-refractivity contribution in [1.29, 1.82) is 0 Å². The first-order valence-electron chi connectivity index (χ1n) is 5.23. The van der Waals surface area contributed by atoms with Gasteiger partial charge in [-0.05, 0) is 25.9 Å². The Bertz CT molecular complexity index is 49.8. The topological polar surface area (TPSA) is 52.0 Å². The van der Waals surface area contributed by atoms with Gasteiger partial charge >= 0.3 is 0 Å². The van der Waals surface area contributed by atoms with Gasteiger partial charge < -0.3 is 11.5 Å². The molecular formula is C10H26N2. The van der Waals surface area contributed by atoms with Crippen LogP contribution < -0.4 is 11.5 Å². The van der Waals surface area contributed by atoms with Crippen LogP contribution in [0.15, 0.2) is 0 Å². The molecule has 2 nitrogen and oxygen atoms in total. The first-order chi connectivity index (χ1) is 5.83. The summed E-state index contributed by atoms with van der Waals surface area (Å²) >= 11 is 0. The van der Waals surface area contributed by atoms with E-state index in [1.165, 1.54) is 38.5 Å². The molecule has 0 unspecified atom stereocenters. The van der Waals surface area contributed by atoms with Crippen molar-refractivity contribution in [2.75, 3.05) is 13.1 Å². The van der Waals surface area contributed by atoms with Crippen molar-refractivity contribution in [3.63, 3.8) is 0 Å². The molecule has 0 aliphatic heterocycles. The second-order valence-electron chi connectivity index (χ2n) is 2.99. The van der Waals surface area contributed by atoms with E-state index < -0.39 is 0 Å². The lowest BCUT2D eigenvalue weighted by Gasteiger charge is -1.90. The summed E-state index contributed by atoms with van der Waals surface area (Å²) in [7, 11) is 0. The van der Waals surface area contributed by atoms with E-state index in [2.05, 4.69) is 13.8 Å². The zero-order valence-electron chi connectivity index (χ0n) is 8.81. The molecule has 0 aromatic carbocycles. The molecule has 0 bridgehead atoms. The first kappa shape index (κ1) is 14.4. The number of rotatable bonds is 6. The van der Waals surface area contributed by atoms with Crippen LogP contribution in [0, 0.1) is 0 Å². The highest BCUT2D eigenvalue weighted by Gasteiger charge is 1.80. The molecule has 0 saturated carbocycles. The Labute approximate surface area is 77.7 Å². The van der Waals surface area contributed by atoms with Crippen LogP contribution in [0.3, 0.4) is 0 Å². The van der Waals surface area contributed by atoms with Gasteiger partial charge in [0, 0.05) is 0 Å². The van der Waals surface area contributed by atoms with Crippen LogP contribution in [0.4, 0.5) is 0 Å². The molecule has 76 valence electrons. The number of unbranched alkanes of at least 4 members (excludes halogenated alkanes) is 4. The van der Waals surface area contributed by atoms with Gasteiger partial charge in [0.05, 0.1) is 0 Å². The van der Waals surface area contributed by atoms with Crippen LogP contribution in [-0.2, 0) is 0 Å². The van der Waals surface area contributed by atoms with Gasteiger partial charge in [-0.1, -0.05) is 39.5 Å². The molecule has 0 radical (unpaired) electrons. The van der Waals surface area contributed by atoms with Gasteiger partial charge in [0.1, 0.15) is 0 Å². The van der Waals surface area contributed by atoms with Crippen LogP contribution in [0.1, 0.15) is 52.4 Å². The van der Waals surface area contributed by atoms with E-state index in [0.717, 1.165) is 13.1 Å². The third-order valence-corrected chi connectivity index (χ3v) is 1.62. The molecule has 0 rings (SSSR count). The largest absolute Gasteiger partial charge is 0.330 e. The molecule has 0 fully saturated rings. The van der Waals surface area contributed by atoms with E-state index in [1.807, 2.05) is 0 Å². The molecule has 12 heavy (non-hydrogen) atoms. The van der Waals surface area contributed by atoms with Crippen LogP contribution >= 0.6 is 0 Å². The van der Waals surface area contributed by atoms with Gasteiger partial charge in [-0.15, -0.1) is 0 Å². The number of nitrogens with two attached hydrogens (primary N) is 2. The maximum atomic E-state index is 5.27. The lowest BCUT2D eigenvalue weighted by molar-refractivity contribution is 0.674. The summed E-state index contributed by atoms with van der Waals surface area (Å²) in [5.74, 6) is 0. The fourth-order valence-electron chi connectivity index (χ4n) is 0.775. The van der Waals surface area contributed by atoms with Crippen LogP contribution in [-0.4, -0.2) is 13.1 Å². The highest BCUT2D eigenvalue weighted by molar-refractivity contribution is 4.38. The average Bonchev–Trinajstić information content (AvgIpc) is 2.08. The normalized spacial score (nSPS) is 9.00.